The predicted molar refractivity (Wildman–Crippen MR) is 96.0 cm³/mol. The molecule has 2 aliphatic rings. The van der Waals surface area contributed by atoms with E-state index in [4.69, 9.17) is 5.11 Å². The molecule has 6 atom stereocenters. The summed E-state index contributed by atoms with van der Waals surface area (Å²) in [5.74, 6) is -0.711. The summed E-state index contributed by atoms with van der Waals surface area (Å²) < 4.78 is 0. The minimum Gasteiger partial charge on any atom is -0.478 e. The number of fused-ring (bicyclic) bond motifs is 1. The largest absolute Gasteiger partial charge is 0.478 e. The number of hydrogen-bond donors (Lipinski definition) is 4. The number of allylic oxidation sites excluding steroid dienone is 1. The Morgan fingerprint density at radius 1 is 1.24 bits per heavy atom. The third-order valence-electron chi connectivity index (χ3n) is 7.58. The summed E-state index contributed by atoms with van der Waals surface area (Å²) in [6.45, 7) is 9.85. The van der Waals surface area contributed by atoms with Crippen molar-refractivity contribution in [2.75, 3.05) is 0 Å². The van der Waals surface area contributed by atoms with E-state index in [9.17, 15) is 20.1 Å². The monoisotopic (exact) mass is 354 g/mol. The molecule has 4 N–H and O–H groups in total. The van der Waals surface area contributed by atoms with Crippen molar-refractivity contribution in [3.8, 4) is 0 Å². The molecule has 0 bridgehead atoms. The van der Waals surface area contributed by atoms with Crippen molar-refractivity contribution in [1.29, 1.82) is 0 Å². The lowest BCUT2D eigenvalue weighted by molar-refractivity contribution is -0.268. The fraction of sp³-hybridized carbons (Fsp3) is 0.850. The number of carboxylic acids is 1. The Kier molecular flexibility index (Phi) is 5.45. The molecular weight excluding hydrogens is 320 g/mol. The van der Waals surface area contributed by atoms with Crippen LogP contribution in [0.15, 0.2) is 11.6 Å². The molecule has 0 heterocycles. The van der Waals surface area contributed by atoms with Crippen molar-refractivity contribution in [2.45, 2.75) is 84.5 Å². The molecule has 0 saturated heterocycles. The number of carbonyl (C=O) groups is 1. The minimum atomic E-state index is -1.03. The van der Waals surface area contributed by atoms with Crippen LogP contribution in [0.1, 0.15) is 66.7 Å². The topological polar surface area (TPSA) is 98.0 Å². The molecule has 144 valence electrons. The van der Waals surface area contributed by atoms with Crippen LogP contribution in [0.2, 0.25) is 0 Å². The summed E-state index contributed by atoms with van der Waals surface area (Å²) in [7, 11) is 0. The van der Waals surface area contributed by atoms with Crippen molar-refractivity contribution in [1.82, 2.24) is 0 Å². The van der Waals surface area contributed by atoms with Crippen LogP contribution < -0.4 is 0 Å². The van der Waals surface area contributed by atoms with Gasteiger partial charge >= 0.3 is 5.97 Å². The van der Waals surface area contributed by atoms with E-state index in [-0.39, 0.29) is 11.3 Å². The zero-order valence-corrected chi connectivity index (χ0v) is 16.1. The summed E-state index contributed by atoms with van der Waals surface area (Å²) in [5, 5.41) is 41.4. The zero-order chi connectivity index (χ0) is 19.2. The lowest BCUT2D eigenvalue weighted by atomic mass is 9.44. The molecule has 0 radical (unpaired) electrons. The maximum absolute atomic E-state index is 11.6. The minimum absolute atomic E-state index is 0.130. The first kappa shape index (κ1) is 20.4. The van der Waals surface area contributed by atoms with E-state index in [1.165, 1.54) is 6.08 Å². The van der Waals surface area contributed by atoms with Crippen LogP contribution >= 0.6 is 0 Å². The van der Waals surface area contributed by atoms with Crippen LogP contribution in [0, 0.1) is 22.7 Å². The van der Waals surface area contributed by atoms with Gasteiger partial charge in [0, 0.05) is 11.5 Å². The third kappa shape index (κ3) is 3.26. The Labute approximate surface area is 150 Å². The second kappa shape index (κ2) is 6.67. The molecule has 0 unspecified atom stereocenters. The molecule has 25 heavy (non-hydrogen) atoms. The number of carboxylic acid groups (broad SMARTS) is 1. The lowest BCUT2D eigenvalue weighted by Gasteiger charge is -2.64. The van der Waals surface area contributed by atoms with E-state index >= 15 is 0 Å². The number of rotatable bonds is 4. The zero-order valence-electron chi connectivity index (χ0n) is 16.1. The van der Waals surface area contributed by atoms with Gasteiger partial charge in [0.05, 0.1) is 17.8 Å². The molecule has 0 aromatic heterocycles. The van der Waals surface area contributed by atoms with E-state index in [0.717, 1.165) is 18.4 Å². The number of hydrogen-bond acceptors (Lipinski definition) is 4. The Morgan fingerprint density at radius 2 is 1.84 bits per heavy atom. The van der Waals surface area contributed by atoms with Crippen LogP contribution in [-0.4, -0.2) is 44.2 Å². The quantitative estimate of drug-likeness (QED) is 0.582. The molecular formula is C20H34O5. The van der Waals surface area contributed by atoms with Crippen LogP contribution in [0.3, 0.4) is 0 Å². The smallest absolute Gasteiger partial charge is 0.328 e. The first-order chi connectivity index (χ1) is 11.4. The second-order valence-corrected chi connectivity index (χ2v) is 9.22. The Morgan fingerprint density at radius 3 is 2.40 bits per heavy atom. The fourth-order valence-corrected chi connectivity index (χ4v) is 5.34. The van der Waals surface area contributed by atoms with E-state index in [0.29, 0.717) is 25.2 Å². The van der Waals surface area contributed by atoms with Crippen molar-refractivity contribution in [3.63, 3.8) is 0 Å². The van der Waals surface area contributed by atoms with Gasteiger partial charge in [-0.05, 0) is 56.3 Å². The Hall–Kier alpha value is -0.910. The highest BCUT2D eigenvalue weighted by Gasteiger charge is 2.65. The van der Waals surface area contributed by atoms with Gasteiger partial charge in [-0.25, -0.2) is 4.79 Å². The molecule has 2 rings (SSSR count). The first-order valence-corrected chi connectivity index (χ1v) is 9.35. The summed E-state index contributed by atoms with van der Waals surface area (Å²) in [6.07, 6.45) is 2.72. The van der Waals surface area contributed by atoms with Gasteiger partial charge in [0.1, 0.15) is 0 Å². The van der Waals surface area contributed by atoms with Gasteiger partial charge in [0.15, 0.2) is 0 Å². The number of aliphatic carboxylic acids is 1. The highest BCUT2D eigenvalue weighted by molar-refractivity contribution is 5.80. The summed E-state index contributed by atoms with van der Waals surface area (Å²) >= 11 is 0. The van der Waals surface area contributed by atoms with E-state index in [1.54, 1.807) is 0 Å². The number of aliphatic hydroxyl groups excluding tert-OH is 2. The SMILES string of the molecule is C/C(=C/C(=O)O)CC[C@@]1(C)[C@H](C)CC[C@@]2(O)[C@@H]1C[C@@H](O)[C@@H](O)C2(C)C. The highest BCUT2D eigenvalue weighted by atomic mass is 16.4. The molecule has 5 heteroatoms. The van der Waals surface area contributed by atoms with E-state index < -0.39 is 29.2 Å². The summed E-state index contributed by atoms with van der Waals surface area (Å²) in [4.78, 5) is 10.9. The molecule has 2 fully saturated rings. The first-order valence-electron chi connectivity index (χ1n) is 9.35. The van der Waals surface area contributed by atoms with Crippen molar-refractivity contribution < 1.29 is 25.2 Å². The molecule has 2 saturated carbocycles. The Balaban J connectivity index is 2.35. The molecule has 0 spiro atoms. The van der Waals surface area contributed by atoms with Gasteiger partial charge in [0.25, 0.3) is 0 Å². The fourth-order valence-electron chi connectivity index (χ4n) is 5.34. The summed E-state index contributed by atoms with van der Waals surface area (Å²) in [6, 6.07) is 0. The van der Waals surface area contributed by atoms with Gasteiger partial charge in [-0.3, -0.25) is 0 Å². The normalized spacial score (nSPS) is 44.2. The van der Waals surface area contributed by atoms with Crippen molar-refractivity contribution >= 4 is 5.97 Å². The number of aliphatic hydroxyl groups is 3. The van der Waals surface area contributed by atoms with Crippen LogP contribution in [0.25, 0.3) is 0 Å². The highest BCUT2D eigenvalue weighted by Crippen LogP contribution is 2.62. The predicted octanol–water partition coefficient (Wildman–Crippen LogP) is 2.73. The maximum atomic E-state index is 11.6. The molecule has 2 aliphatic carbocycles. The van der Waals surface area contributed by atoms with Gasteiger partial charge in [-0.2, -0.15) is 0 Å². The molecule has 0 aromatic carbocycles. The standard InChI is InChI=1S/C20H34O5/c1-12(10-16(22)23)6-8-19(5)13(2)7-9-20(25)15(19)11-14(21)17(24)18(20,3)4/h10,13-15,17,21,24-25H,6-9,11H2,1-5H3,(H,22,23)/b12-10-/t13-,14-,15-,17-,19+,20-/m1/s1. The molecule has 0 amide bonds. The van der Waals surface area contributed by atoms with Gasteiger partial charge in [-0.1, -0.05) is 33.3 Å². The van der Waals surface area contributed by atoms with E-state index in [2.05, 4.69) is 13.8 Å². The van der Waals surface area contributed by atoms with Crippen LogP contribution in [-0.2, 0) is 4.79 Å². The average Bonchev–Trinajstić information content (AvgIpc) is 2.50. The third-order valence-corrected chi connectivity index (χ3v) is 7.58. The van der Waals surface area contributed by atoms with E-state index in [1.807, 2.05) is 20.8 Å². The van der Waals surface area contributed by atoms with Crippen LogP contribution in [0.4, 0.5) is 0 Å². The summed E-state index contributed by atoms with van der Waals surface area (Å²) in [5.41, 5.74) is -1.23. The molecule has 5 nitrogen and oxygen atoms in total. The van der Waals surface area contributed by atoms with Gasteiger partial charge < -0.3 is 20.4 Å². The van der Waals surface area contributed by atoms with Gasteiger partial charge in [0.2, 0.25) is 0 Å². The lowest BCUT2D eigenvalue weighted by Crippen LogP contribution is -2.69. The maximum Gasteiger partial charge on any atom is 0.328 e. The molecule has 0 aliphatic heterocycles. The molecule has 0 aromatic rings. The van der Waals surface area contributed by atoms with Crippen molar-refractivity contribution in [2.24, 2.45) is 22.7 Å². The van der Waals surface area contributed by atoms with Gasteiger partial charge in [-0.15, -0.1) is 0 Å². The second-order valence-electron chi connectivity index (χ2n) is 9.22. The average molecular weight is 354 g/mol. The van der Waals surface area contributed by atoms with Crippen LogP contribution in [0.5, 0.6) is 0 Å². The van der Waals surface area contributed by atoms with Crippen molar-refractivity contribution in [3.05, 3.63) is 11.6 Å². The Bertz CT molecular complexity index is 554.